The number of nitrogens with zero attached hydrogens (tertiary/aromatic N) is 2. The Hall–Kier alpha value is -2.22. The minimum Gasteiger partial charge on any atom is -0.394 e. The van der Waals surface area contributed by atoms with Gasteiger partial charge in [-0.1, -0.05) is 30.3 Å². The van der Waals surface area contributed by atoms with E-state index >= 15 is 0 Å². The number of aliphatic hydroxyl groups excluding tert-OH is 1. The Morgan fingerprint density at radius 3 is 2.74 bits per heavy atom. The van der Waals surface area contributed by atoms with Gasteiger partial charge < -0.3 is 10.4 Å². The molecule has 0 saturated heterocycles. The van der Waals surface area contributed by atoms with Crippen molar-refractivity contribution in [1.29, 1.82) is 5.26 Å². The molecule has 0 fully saturated rings. The van der Waals surface area contributed by atoms with Gasteiger partial charge in [0, 0.05) is 12.7 Å². The zero-order valence-electron chi connectivity index (χ0n) is 10.5. The number of aromatic nitrogens is 1. The van der Waals surface area contributed by atoms with Gasteiger partial charge in [-0.05, 0) is 23.3 Å². The Kier molecular flexibility index (Phi) is 4.62. The van der Waals surface area contributed by atoms with Crippen LogP contribution in [0.4, 0.5) is 0 Å². The van der Waals surface area contributed by atoms with Crippen LogP contribution in [0.3, 0.4) is 0 Å². The SMILES string of the molecule is N#Cc1cc(CNC(CO)c2ccccc2)ccn1. The summed E-state index contributed by atoms with van der Waals surface area (Å²) in [6.07, 6.45) is 1.62. The van der Waals surface area contributed by atoms with Gasteiger partial charge in [0.1, 0.15) is 11.8 Å². The highest BCUT2D eigenvalue weighted by atomic mass is 16.3. The molecule has 4 heteroatoms. The van der Waals surface area contributed by atoms with E-state index in [0.717, 1.165) is 11.1 Å². The molecule has 19 heavy (non-hydrogen) atoms. The van der Waals surface area contributed by atoms with Crippen LogP contribution in [0.1, 0.15) is 22.9 Å². The zero-order valence-corrected chi connectivity index (χ0v) is 10.5. The van der Waals surface area contributed by atoms with E-state index in [-0.39, 0.29) is 12.6 Å². The molecule has 96 valence electrons. The number of hydrogen-bond acceptors (Lipinski definition) is 4. The molecule has 0 amide bonds. The lowest BCUT2D eigenvalue weighted by atomic mass is 10.1. The van der Waals surface area contributed by atoms with Gasteiger partial charge in [-0.25, -0.2) is 4.98 Å². The van der Waals surface area contributed by atoms with Gasteiger partial charge in [-0.15, -0.1) is 0 Å². The van der Waals surface area contributed by atoms with E-state index in [1.807, 2.05) is 42.5 Å². The fourth-order valence-electron chi connectivity index (χ4n) is 1.86. The van der Waals surface area contributed by atoms with Crippen LogP contribution >= 0.6 is 0 Å². The molecule has 0 aliphatic rings. The first kappa shape index (κ1) is 13.2. The van der Waals surface area contributed by atoms with E-state index in [0.29, 0.717) is 12.2 Å². The lowest BCUT2D eigenvalue weighted by Gasteiger charge is -2.16. The summed E-state index contributed by atoms with van der Waals surface area (Å²) in [5, 5.41) is 21.5. The van der Waals surface area contributed by atoms with Crippen molar-refractivity contribution in [2.45, 2.75) is 12.6 Å². The number of benzene rings is 1. The van der Waals surface area contributed by atoms with Gasteiger partial charge >= 0.3 is 0 Å². The third-order valence-corrected chi connectivity index (χ3v) is 2.88. The van der Waals surface area contributed by atoms with Crippen LogP contribution < -0.4 is 5.32 Å². The predicted octanol–water partition coefficient (Wildman–Crippen LogP) is 1.78. The molecule has 1 aromatic carbocycles. The van der Waals surface area contributed by atoms with E-state index in [2.05, 4.69) is 10.3 Å². The smallest absolute Gasteiger partial charge is 0.140 e. The molecule has 0 radical (unpaired) electrons. The largest absolute Gasteiger partial charge is 0.394 e. The third kappa shape index (κ3) is 3.62. The molecule has 1 unspecified atom stereocenters. The average molecular weight is 253 g/mol. The minimum absolute atomic E-state index is 0.0280. The average Bonchev–Trinajstić information content (AvgIpc) is 2.49. The first-order valence-corrected chi connectivity index (χ1v) is 6.07. The topological polar surface area (TPSA) is 68.9 Å². The predicted molar refractivity (Wildman–Crippen MR) is 72.1 cm³/mol. The molecule has 0 bridgehead atoms. The van der Waals surface area contributed by atoms with Crippen molar-refractivity contribution >= 4 is 0 Å². The van der Waals surface area contributed by atoms with E-state index < -0.39 is 0 Å². The molecule has 1 aromatic heterocycles. The summed E-state index contributed by atoms with van der Waals surface area (Å²) in [6.45, 7) is 0.609. The quantitative estimate of drug-likeness (QED) is 0.852. The number of rotatable bonds is 5. The summed E-state index contributed by atoms with van der Waals surface area (Å²) in [6, 6.07) is 15.3. The van der Waals surface area contributed by atoms with Crippen LogP contribution in [0.25, 0.3) is 0 Å². The van der Waals surface area contributed by atoms with E-state index in [1.165, 1.54) is 0 Å². The van der Waals surface area contributed by atoms with Crippen molar-refractivity contribution in [2.24, 2.45) is 0 Å². The van der Waals surface area contributed by atoms with Crippen molar-refractivity contribution in [3.05, 3.63) is 65.5 Å². The van der Waals surface area contributed by atoms with Gasteiger partial charge in [0.25, 0.3) is 0 Å². The fraction of sp³-hybridized carbons (Fsp3) is 0.200. The molecule has 2 rings (SSSR count). The summed E-state index contributed by atoms with van der Waals surface area (Å²) in [5.41, 5.74) is 2.42. The number of nitriles is 1. The van der Waals surface area contributed by atoms with Crippen LogP contribution in [-0.4, -0.2) is 16.7 Å². The van der Waals surface area contributed by atoms with E-state index in [4.69, 9.17) is 5.26 Å². The van der Waals surface area contributed by atoms with Gasteiger partial charge in [0.2, 0.25) is 0 Å². The highest BCUT2D eigenvalue weighted by molar-refractivity contribution is 5.26. The molecule has 0 saturated carbocycles. The van der Waals surface area contributed by atoms with Gasteiger partial charge in [0.05, 0.1) is 12.6 Å². The molecular weight excluding hydrogens is 238 g/mol. The van der Waals surface area contributed by atoms with E-state index in [9.17, 15) is 5.11 Å². The molecule has 2 N–H and O–H groups in total. The van der Waals surface area contributed by atoms with Crippen molar-refractivity contribution in [1.82, 2.24) is 10.3 Å². The van der Waals surface area contributed by atoms with Gasteiger partial charge in [-0.2, -0.15) is 5.26 Å². The maximum absolute atomic E-state index is 9.43. The summed E-state index contributed by atoms with van der Waals surface area (Å²) in [5.74, 6) is 0. The molecular formula is C15H15N3O. The normalized spacial score (nSPS) is 11.8. The van der Waals surface area contributed by atoms with Crippen LogP contribution in [0.2, 0.25) is 0 Å². The molecule has 0 aliphatic carbocycles. The zero-order chi connectivity index (χ0) is 13.5. The second-order valence-corrected chi connectivity index (χ2v) is 4.19. The molecule has 1 atom stereocenters. The van der Waals surface area contributed by atoms with Crippen LogP contribution in [-0.2, 0) is 6.54 Å². The van der Waals surface area contributed by atoms with Crippen molar-refractivity contribution in [2.75, 3.05) is 6.61 Å². The molecule has 4 nitrogen and oxygen atoms in total. The summed E-state index contributed by atoms with van der Waals surface area (Å²) < 4.78 is 0. The van der Waals surface area contributed by atoms with Crippen molar-refractivity contribution in [3.63, 3.8) is 0 Å². The van der Waals surface area contributed by atoms with Crippen molar-refractivity contribution in [3.8, 4) is 6.07 Å². The number of pyridine rings is 1. The van der Waals surface area contributed by atoms with Gasteiger partial charge in [-0.3, -0.25) is 0 Å². The maximum atomic E-state index is 9.43. The van der Waals surface area contributed by atoms with Crippen LogP contribution in [0.15, 0.2) is 48.7 Å². The summed E-state index contributed by atoms with van der Waals surface area (Å²) in [7, 11) is 0. The summed E-state index contributed by atoms with van der Waals surface area (Å²) in [4.78, 5) is 3.93. The fourth-order valence-corrected chi connectivity index (χ4v) is 1.86. The third-order valence-electron chi connectivity index (χ3n) is 2.88. The second kappa shape index (κ2) is 6.64. The number of hydrogen-bond donors (Lipinski definition) is 2. The highest BCUT2D eigenvalue weighted by Crippen LogP contribution is 2.12. The minimum atomic E-state index is -0.111. The first-order valence-electron chi connectivity index (χ1n) is 6.07. The second-order valence-electron chi connectivity index (χ2n) is 4.19. The molecule has 0 aliphatic heterocycles. The molecule has 2 aromatic rings. The maximum Gasteiger partial charge on any atom is 0.140 e. The lowest BCUT2D eigenvalue weighted by Crippen LogP contribution is -2.24. The number of nitrogens with one attached hydrogen (secondary N) is 1. The lowest BCUT2D eigenvalue weighted by molar-refractivity contribution is 0.243. The van der Waals surface area contributed by atoms with Crippen LogP contribution in [0.5, 0.6) is 0 Å². The van der Waals surface area contributed by atoms with Gasteiger partial charge in [0.15, 0.2) is 0 Å². The Morgan fingerprint density at radius 1 is 1.26 bits per heavy atom. The van der Waals surface area contributed by atoms with Crippen LogP contribution in [0, 0.1) is 11.3 Å². The molecule has 1 heterocycles. The summed E-state index contributed by atoms with van der Waals surface area (Å²) >= 11 is 0. The highest BCUT2D eigenvalue weighted by Gasteiger charge is 2.09. The Labute approximate surface area is 112 Å². The Balaban J connectivity index is 2.02. The standard InChI is InChI=1S/C15H15N3O/c16-9-14-8-12(6-7-17-14)10-18-15(11-19)13-4-2-1-3-5-13/h1-8,15,18-19H,10-11H2. The first-order chi connectivity index (χ1) is 9.33. The Morgan fingerprint density at radius 2 is 2.05 bits per heavy atom. The Bertz CT molecular complexity index is 563. The monoisotopic (exact) mass is 253 g/mol. The molecule has 0 spiro atoms. The van der Waals surface area contributed by atoms with Crippen molar-refractivity contribution < 1.29 is 5.11 Å². The van der Waals surface area contributed by atoms with E-state index in [1.54, 1.807) is 12.3 Å². The number of aliphatic hydroxyl groups is 1.